The van der Waals surface area contributed by atoms with Gasteiger partial charge >= 0.3 is 0 Å². The molecule has 3 aromatic rings. The minimum absolute atomic E-state index is 0. The summed E-state index contributed by atoms with van der Waals surface area (Å²) in [4.78, 5) is 18.5. The highest BCUT2D eigenvalue weighted by molar-refractivity contribution is 5.91. The Labute approximate surface area is 172 Å². The fourth-order valence-electron chi connectivity index (χ4n) is 4.33. The fraction of sp³-hybridized carbons (Fsp3) is 0.455. The Balaban J connectivity index is 0.00000192. The summed E-state index contributed by atoms with van der Waals surface area (Å²) in [7, 11) is 0. The van der Waals surface area contributed by atoms with Gasteiger partial charge in [0.25, 0.3) is 0 Å². The maximum atomic E-state index is 5.06. The third kappa shape index (κ3) is 3.68. The molecule has 0 amide bonds. The number of rotatable bonds is 3. The van der Waals surface area contributed by atoms with E-state index in [1.807, 2.05) is 0 Å². The third-order valence-electron chi connectivity index (χ3n) is 5.83. The molecule has 2 aromatic heterocycles. The summed E-state index contributed by atoms with van der Waals surface area (Å²) in [6.07, 6.45) is 7.61. The van der Waals surface area contributed by atoms with E-state index in [-0.39, 0.29) is 12.4 Å². The molecule has 0 atom stereocenters. The summed E-state index contributed by atoms with van der Waals surface area (Å²) in [5.74, 6) is 1.99. The van der Waals surface area contributed by atoms with Crippen molar-refractivity contribution in [3.05, 3.63) is 36.4 Å². The van der Waals surface area contributed by atoms with Crippen molar-refractivity contribution < 1.29 is 0 Å². The summed E-state index contributed by atoms with van der Waals surface area (Å²) >= 11 is 0. The Morgan fingerprint density at radius 1 is 0.750 bits per heavy atom. The van der Waals surface area contributed by atoms with Crippen LogP contribution in [0.1, 0.15) is 38.5 Å². The van der Waals surface area contributed by atoms with Gasteiger partial charge in [0.15, 0.2) is 5.82 Å². The van der Waals surface area contributed by atoms with Gasteiger partial charge in [0.2, 0.25) is 5.95 Å². The first-order chi connectivity index (χ1) is 13.4. The van der Waals surface area contributed by atoms with Gasteiger partial charge in [0.05, 0.1) is 5.52 Å². The molecule has 0 saturated carbocycles. The molecule has 2 saturated heterocycles. The Kier molecular flexibility index (Phi) is 5.72. The number of hydrogen-bond acceptors (Lipinski definition) is 4. The van der Waals surface area contributed by atoms with Crippen LogP contribution in [0.4, 0.5) is 11.8 Å². The van der Waals surface area contributed by atoms with Gasteiger partial charge in [-0.2, -0.15) is 4.98 Å². The summed E-state index contributed by atoms with van der Waals surface area (Å²) < 4.78 is 0. The largest absolute Gasteiger partial charge is 0.355 e. The molecular formula is C22H28ClN5. The minimum atomic E-state index is 0. The summed E-state index contributed by atoms with van der Waals surface area (Å²) in [5.41, 5.74) is 4.43. The number of aromatic nitrogens is 3. The first-order valence-electron chi connectivity index (χ1n) is 10.3. The van der Waals surface area contributed by atoms with Crippen LogP contribution in [0.5, 0.6) is 0 Å². The highest BCUT2D eigenvalue weighted by Gasteiger charge is 2.22. The lowest BCUT2D eigenvalue weighted by molar-refractivity contribution is 0.562. The molecule has 1 aromatic carbocycles. The standard InChI is InChI=1S/C22H27N5.ClH/c1-4-10-17(11-5-1)18-16-19-20(23-18)21(26-12-6-2-7-13-26)25-22(24-19)27-14-8-3-9-15-27;/h1,4-5,10-11,16,23H,2-3,6-9,12-15H2;1H. The van der Waals surface area contributed by atoms with E-state index in [1.54, 1.807) is 0 Å². The highest BCUT2D eigenvalue weighted by Crippen LogP contribution is 2.32. The quantitative estimate of drug-likeness (QED) is 0.673. The zero-order chi connectivity index (χ0) is 18.1. The lowest BCUT2D eigenvalue weighted by atomic mass is 10.1. The monoisotopic (exact) mass is 397 g/mol. The molecule has 0 radical (unpaired) electrons. The van der Waals surface area contributed by atoms with Crippen molar-refractivity contribution in [2.75, 3.05) is 36.0 Å². The number of fused-ring (bicyclic) bond motifs is 1. The zero-order valence-corrected chi connectivity index (χ0v) is 17.0. The topological polar surface area (TPSA) is 48.1 Å². The van der Waals surface area contributed by atoms with Crippen LogP contribution in [0, 0.1) is 0 Å². The van der Waals surface area contributed by atoms with Crippen LogP contribution in [0.15, 0.2) is 36.4 Å². The van der Waals surface area contributed by atoms with E-state index >= 15 is 0 Å². The minimum Gasteiger partial charge on any atom is -0.355 e. The average Bonchev–Trinajstić information content (AvgIpc) is 3.19. The van der Waals surface area contributed by atoms with Gasteiger partial charge < -0.3 is 14.8 Å². The maximum Gasteiger partial charge on any atom is 0.228 e. The average molecular weight is 398 g/mol. The van der Waals surface area contributed by atoms with Crippen LogP contribution in [0.3, 0.4) is 0 Å². The van der Waals surface area contributed by atoms with Crippen molar-refractivity contribution in [3.63, 3.8) is 0 Å². The Bertz CT molecular complexity index is 911. The Morgan fingerprint density at radius 3 is 2.07 bits per heavy atom. The van der Waals surface area contributed by atoms with Gasteiger partial charge in [-0.1, -0.05) is 30.3 Å². The number of nitrogens with zero attached hydrogens (tertiary/aromatic N) is 4. The first-order valence-corrected chi connectivity index (χ1v) is 10.3. The third-order valence-corrected chi connectivity index (χ3v) is 5.83. The molecule has 0 spiro atoms. The van der Waals surface area contributed by atoms with Crippen molar-refractivity contribution in [1.82, 2.24) is 15.0 Å². The highest BCUT2D eigenvalue weighted by atomic mass is 35.5. The summed E-state index contributed by atoms with van der Waals surface area (Å²) in [5, 5.41) is 0. The van der Waals surface area contributed by atoms with Crippen molar-refractivity contribution in [3.8, 4) is 11.3 Å². The van der Waals surface area contributed by atoms with Gasteiger partial charge in [0.1, 0.15) is 5.52 Å². The van der Waals surface area contributed by atoms with Crippen LogP contribution >= 0.6 is 12.4 Å². The van der Waals surface area contributed by atoms with Crippen molar-refractivity contribution in [2.45, 2.75) is 38.5 Å². The number of nitrogens with one attached hydrogen (secondary N) is 1. The number of hydrogen-bond donors (Lipinski definition) is 1. The van der Waals surface area contributed by atoms with Crippen LogP contribution in [-0.4, -0.2) is 41.1 Å². The van der Waals surface area contributed by atoms with Crippen LogP contribution in [0.25, 0.3) is 22.3 Å². The molecule has 2 aliphatic rings. The number of aromatic amines is 1. The number of piperidine rings is 2. The molecule has 2 aliphatic heterocycles. The van der Waals surface area contributed by atoms with Gasteiger partial charge in [-0.15, -0.1) is 12.4 Å². The lowest BCUT2D eigenvalue weighted by Gasteiger charge is -2.31. The molecule has 28 heavy (non-hydrogen) atoms. The molecular weight excluding hydrogens is 370 g/mol. The van der Waals surface area contributed by atoms with Crippen molar-refractivity contribution >= 4 is 35.2 Å². The zero-order valence-electron chi connectivity index (χ0n) is 16.2. The summed E-state index contributed by atoms with van der Waals surface area (Å²) in [6.45, 7) is 4.32. The van der Waals surface area contributed by atoms with E-state index in [0.717, 1.165) is 54.7 Å². The van der Waals surface area contributed by atoms with Crippen molar-refractivity contribution in [1.29, 1.82) is 0 Å². The second-order valence-corrected chi connectivity index (χ2v) is 7.75. The number of H-pyrrole nitrogens is 1. The molecule has 6 heteroatoms. The van der Waals surface area contributed by atoms with Crippen LogP contribution < -0.4 is 9.80 Å². The van der Waals surface area contributed by atoms with E-state index in [2.05, 4.69) is 51.2 Å². The van der Waals surface area contributed by atoms with E-state index in [0.29, 0.717) is 0 Å². The van der Waals surface area contributed by atoms with Crippen molar-refractivity contribution in [2.24, 2.45) is 0 Å². The second kappa shape index (κ2) is 8.39. The molecule has 148 valence electrons. The van der Waals surface area contributed by atoms with Gasteiger partial charge in [-0.25, -0.2) is 4.98 Å². The second-order valence-electron chi connectivity index (χ2n) is 7.75. The van der Waals surface area contributed by atoms with Gasteiger partial charge in [-0.05, 0) is 50.2 Å². The molecule has 2 fully saturated rings. The van der Waals surface area contributed by atoms with E-state index < -0.39 is 0 Å². The Hall–Kier alpha value is -2.27. The maximum absolute atomic E-state index is 5.06. The van der Waals surface area contributed by atoms with Crippen LogP contribution in [-0.2, 0) is 0 Å². The number of halogens is 1. The lowest BCUT2D eigenvalue weighted by Crippen LogP contribution is -2.33. The van der Waals surface area contributed by atoms with Crippen LogP contribution in [0.2, 0.25) is 0 Å². The number of benzene rings is 1. The number of anilines is 2. The fourth-order valence-corrected chi connectivity index (χ4v) is 4.33. The smallest absolute Gasteiger partial charge is 0.228 e. The Morgan fingerprint density at radius 2 is 1.39 bits per heavy atom. The molecule has 5 nitrogen and oxygen atoms in total. The van der Waals surface area contributed by atoms with E-state index in [1.165, 1.54) is 44.1 Å². The predicted molar refractivity (Wildman–Crippen MR) is 119 cm³/mol. The molecule has 0 aliphatic carbocycles. The summed E-state index contributed by atoms with van der Waals surface area (Å²) in [6, 6.07) is 12.7. The normalized spacial score (nSPS) is 17.6. The van der Waals surface area contributed by atoms with E-state index in [9.17, 15) is 0 Å². The molecule has 5 rings (SSSR count). The first kappa shape index (κ1) is 19.1. The van der Waals surface area contributed by atoms with Gasteiger partial charge in [-0.3, -0.25) is 0 Å². The predicted octanol–water partition coefficient (Wildman–Crippen LogP) is 5.03. The SMILES string of the molecule is Cl.c1ccc(-c2cc3nc(N4CCCCC4)nc(N4CCCCC4)c3[nH]2)cc1. The van der Waals surface area contributed by atoms with E-state index in [4.69, 9.17) is 9.97 Å². The molecule has 4 heterocycles. The van der Waals surface area contributed by atoms with Gasteiger partial charge in [0, 0.05) is 31.9 Å². The molecule has 0 bridgehead atoms. The molecule has 1 N–H and O–H groups in total. The molecule has 0 unspecified atom stereocenters.